The summed E-state index contributed by atoms with van der Waals surface area (Å²) in [5, 5.41) is 16.2. The fraction of sp³-hybridized carbons (Fsp3) is 0.0588. The highest BCUT2D eigenvalue weighted by Crippen LogP contribution is 2.25. The van der Waals surface area contributed by atoms with E-state index in [1.54, 1.807) is 6.92 Å². The molecular weight excluding hydrogens is 260 g/mol. The minimum Gasteiger partial charge on any atom is -0.384 e. The summed E-state index contributed by atoms with van der Waals surface area (Å²) in [4.78, 5) is 3.35. The third kappa shape index (κ3) is 2.43. The van der Waals surface area contributed by atoms with Crippen LogP contribution in [0.1, 0.15) is 18.1 Å². The van der Waals surface area contributed by atoms with Gasteiger partial charge < -0.3 is 16.1 Å². The van der Waals surface area contributed by atoms with Gasteiger partial charge in [0, 0.05) is 27.9 Å². The van der Waals surface area contributed by atoms with Gasteiger partial charge in [-0.25, -0.2) is 0 Å². The molecule has 5 N–H and O–H groups in total. The molecule has 0 saturated carbocycles. The SMILES string of the molecule is CC(=N)c1ccc(-c2cc3ccc(C(=N)N)cc3[nH]2)cc1. The van der Waals surface area contributed by atoms with Crippen LogP contribution in [0.25, 0.3) is 22.2 Å². The van der Waals surface area contributed by atoms with Gasteiger partial charge in [-0.2, -0.15) is 0 Å². The molecule has 3 aromatic rings. The highest BCUT2D eigenvalue weighted by atomic mass is 14.7. The number of hydrogen-bond donors (Lipinski definition) is 4. The predicted octanol–water partition coefficient (Wildman–Crippen LogP) is 3.51. The topological polar surface area (TPSA) is 89.5 Å². The second kappa shape index (κ2) is 4.90. The van der Waals surface area contributed by atoms with E-state index in [-0.39, 0.29) is 5.84 Å². The van der Waals surface area contributed by atoms with Crippen LogP contribution < -0.4 is 5.73 Å². The van der Waals surface area contributed by atoms with Crippen molar-refractivity contribution in [2.45, 2.75) is 6.92 Å². The van der Waals surface area contributed by atoms with Crippen LogP contribution in [-0.4, -0.2) is 16.5 Å². The van der Waals surface area contributed by atoms with Gasteiger partial charge >= 0.3 is 0 Å². The first kappa shape index (κ1) is 13.1. The molecule has 0 atom stereocenters. The minimum atomic E-state index is 0.0684. The van der Waals surface area contributed by atoms with Gasteiger partial charge in [0.2, 0.25) is 0 Å². The van der Waals surface area contributed by atoms with Gasteiger partial charge in [0.25, 0.3) is 0 Å². The summed E-state index contributed by atoms with van der Waals surface area (Å²) >= 11 is 0. The number of amidine groups is 1. The minimum absolute atomic E-state index is 0.0684. The fourth-order valence-corrected chi connectivity index (χ4v) is 2.35. The average molecular weight is 276 g/mol. The average Bonchev–Trinajstić information content (AvgIpc) is 2.90. The Kier molecular flexibility index (Phi) is 3.06. The molecule has 0 aliphatic heterocycles. The zero-order chi connectivity index (χ0) is 15.0. The number of aromatic nitrogens is 1. The smallest absolute Gasteiger partial charge is 0.122 e. The number of H-pyrrole nitrogens is 1. The van der Waals surface area contributed by atoms with Crippen molar-refractivity contribution in [3.63, 3.8) is 0 Å². The summed E-state index contributed by atoms with van der Waals surface area (Å²) in [6.45, 7) is 1.78. The molecule has 3 rings (SSSR count). The van der Waals surface area contributed by atoms with Crippen LogP contribution in [0.15, 0.2) is 48.5 Å². The van der Waals surface area contributed by atoms with Crippen LogP contribution in [0.4, 0.5) is 0 Å². The lowest BCUT2D eigenvalue weighted by molar-refractivity contribution is 1.41. The summed E-state index contributed by atoms with van der Waals surface area (Å²) in [7, 11) is 0. The van der Waals surface area contributed by atoms with E-state index < -0.39 is 0 Å². The van der Waals surface area contributed by atoms with Crippen molar-refractivity contribution < 1.29 is 0 Å². The molecule has 4 heteroatoms. The van der Waals surface area contributed by atoms with Crippen molar-refractivity contribution in [1.82, 2.24) is 4.98 Å². The van der Waals surface area contributed by atoms with Crippen molar-refractivity contribution >= 4 is 22.5 Å². The molecule has 1 aromatic heterocycles. The van der Waals surface area contributed by atoms with Crippen molar-refractivity contribution in [3.05, 3.63) is 59.7 Å². The van der Waals surface area contributed by atoms with Crippen LogP contribution in [0.5, 0.6) is 0 Å². The normalized spacial score (nSPS) is 10.7. The number of hydrogen-bond acceptors (Lipinski definition) is 2. The molecule has 2 aromatic carbocycles. The summed E-state index contributed by atoms with van der Waals surface area (Å²) in [5.74, 6) is 0.0684. The number of aromatic amines is 1. The molecule has 0 spiro atoms. The molecular formula is C17H16N4. The molecule has 0 aliphatic carbocycles. The van der Waals surface area contributed by atoms with Crippen LogP contribution in [-0.2, 0) is 0 Å². The molecule has 0 fully saturated rings. The number of rotatable bonds is 3. The molecule has 1 heterocycles. The van der Waals surface area contributed by atoms with Gasteiger partial charge in [-0.1, -0.05) is 36.4 Å². The van der Waals surface area contributed by atoms with Crippen molar-refractivity contribution in [1.29, 1.82) is 10.8 Å². The summed E-state index contributed by atoms with van der Waals surface area (Å²) in [5.41, 5.74) is 10.8. The first-order chi connectivity index (χ1) is 10.0. The molecule has 0 aliphatic rings. The monoisotopic (exact) mass is 276 g/mol. The largest absolute Gasteiger partial charge is 0.384 e. The van der Waals surface area contributed by atoms with Gasteiger partial charge in [-0.05, 0) is 30.2 Å². The van der Waals surface area contributed by atoms with E-state index in [1.807, 2.05) is 42.5 Å². The Bertz CT molecular complexity index is 841. The quantitative estimate of drug-likeness (QED) is 0.428. The van der Waals surface area contributed by atoms with E-state index >= 15 is 0 Å². The molecule has 4 nitrogen and oxygen atoms in total. The highest BCUT2D eigenvalue weighted by molar-refractivity contribution is 5.99. The Balaban J connectivity index is 2.04. The second-order valence-corrected chi connectivity index (χ2v) is 5.10. The van der Waals surface area contributed by atoms with Gasteiger partial charge in [0.1, 0.15) is 5.84 Å². The molecule has 0 bridgehead atoms. The van der Waals surface area contributed by atoms with Crippen molar-refractivity contribution in [2.24, 2.45) is 5.73 Å². The number of fused-ring (bicyclic) bond motifs is 1. The fourth-order valence-electron chi connectivity index (χ4n) is 2.35. The zero-order valence-corrected chi connectivity index (χ0v) is 11.7. The Hall–Kier alpha value is -2.88. The van der Waals surface area contributed by atoms with Gasteiger partial charge in [0.15, 0.2) is 0 Å². The van der Waals surface area contributed by atoms with E-state index in [2.05, 4.69) is 11.1 Å². The maximum Gasteiger partial charge on any atom is 0.122 e. The number of nitrogens with one attached hydrogen (secondary N) is 3. The van der Waals surface area contributed by atoms with Crippen LogP contribution in [0, 0.1) is 10.8 Å². The standard InChI is InChI=1S/C17H16N4/c1-10(18)11-2-4-12(5-3-11)15-8-13-6-7-14(17(19)20)9-16(13)21-15/h2-9,18,21H,1H3,(H3,19,20). The number of nitrogens with two attached hydrogens (primary N) is 1. The number of benzene rings is 2. The Morgan fingerprint density at radius 2 is 1.62 bits per heavy atom. The van der Waals surface area contributed by atoms with E-state index in [0.717, 1.165) is 27.7 Å². The first-order valence-electron chi connectivity index (χ1n) is 6.68. The van der Waals surface area contributed by atoms with Gasteiger partial charge in [-0.15, -0.1) is 0 Å². The zero-order valence-electron chi connectivity index (χ0n) is 11.7. The first-order valence-corrected chi connectivity index (χ1v) is 6.68. The number of nitrogen functional groups attached to an aromatic ring is 1. The molecule has 0 amide bonds. The molecule has 21 heavy (non-hydrogen) atoms. The van der Waals surface area contributed by atoms with Crippen LogP contribution >= 0.6 is 0 Å². The molecule has 104 valence electrons. The lowest BCUT2D eigenvalue weighted by Gasteiger charge is -2.01. The van der Waals surface area contributed by atoms with E-state index in [1.165, 1.54) is 0 Å². The predicted molar refractivity (Wildman–Crippen MR) is 87.3 cm³/mol. The Morgan fingerprint density at radius 3 is 2.24 bits per heavy atom. The van der Waals surface area contributed by atoms with E-state index in [4.69, 9.17) is 16.6 Å². The Labute approximate surface area is 122 Å². The Morgan fingerprint density at radius 1 is 0.952 bits per heavy atom. The summed E-state index contributed by atoms with van der Waals surface area (Å²) in [6.07, 6.45) is 0. The van der Waals surface area contributed by atoms with Gasteiger partial charge in [0.05, 0.1) is 0 Å². The van der Waals surface area contributed by atoms with E-state index in [0.29, 0.717) is 11.3 Å². The summed E-state index contributed by atoms with van der Waals surface area (Å²) in [6, 6.07) is 15.7. The third-order valence-electron chi connectivity index (χ3n) is 3.56. The molecule has 0 saturated heterocycles. The van der Waals surface area contributed by atoms with Crippen LogP contribution in [0.3, 0.4) is 0 Å². The van der Waals surface area contributed by atoms with Gasteiger partial charge in [-0.3, -0.25) is 5.41 Å². The maximum atomic E-state index is 7.62. The lowest BCUT2D eigenvalue weighted by Crippen LogP contribution is -2.10. The molecule has 0 radical (unpaired) electrons. The molecule has 0 unspecified atom stereocenters. The third-order valence-corrected chi connectivity index (χ3v) is 3.56. The van der Waals surface area contributed by atoms with Crippen molar-refractivity contribution in [3.8, 4) is 11.3 Å². The van der Waals surface area contributed by atoms with Crippen LogP contribution in [0.2, 0.25) is 0 Å². The van der Waals surface area contributed by atoms with E-state index in [9.17, 15) is 0 Å². The maximum absolute atomic E-state index is 7.62. The second-order valence-electron chi connectivity index (χ2n) is 5.10. The van der Waals surface area contributed by atoms with Crippen molar-refractivity contribution in [2.75, 3.05) is 0 Å². The highest BCUT2D eigenvalue weighted by Gasteiger charge is 2.06. The lowest BCUT2D eigenvalue weighted by atomic mass is 10.1. The summed E-state index contributed by atoms with van der Waals surface area (Å²) < 4.78 is 0.